The number of amidine groups is 1. The number of allylic oxidation sites excluding steroid dienone is 1. The van der Waals surface area contributed by atoms with Crippen molar-refractivity contribution in [2.24, 2.45) is 4.99 Å². The molecule has 0 atom stereocenters. The summed E-state index contributed by atoms with van der Waals surface area (Å²) in [4.78, 5) is 5.64. The summed E-state index contributed by atoms with van der Waals surface area (Å²) >= 11 is 1.72. The van der Waals surface area contributed by atoms with E-state index in [0.29, 0.717) is 0 Å². The smallest absolute Gasteiger partial charge is 0.141 e. The molecule has 0 bridgehead atoms. The number of furan rings is 1. The highest BCUT2D eigenvalue weighted by Crippen LogP contribution is 2.31. The van der Waals surface area contributed by atoms with Crippen molar-refractivity contribution in [3.63, 3.8) is 0 Å². The predicted octanol–water partition coefficient (Wildman–Crippen LogP) is 3.90. The molecule has 3 rings (SSSR count). The molecule has 0 unspecified atom stereocenters. The highest BCUT2D eigenvalue weighted by atomic mass is 32.2. The lowest BCUT2D eigenvalue weighted by atomic mass is 10.1. The van der Waals surface area contributed by atoms with Gasteiger partial charge in [0.15, 0.2) is 0 Å². The SMILES string of the molecule is CCC=C(SC)c1cc2ccc(C3=NCCN3)cc2o1. The van der Waals surface area contributed by atoms with Crippen LogP contribution in [0.15, 0.2) is 39.8 Å². The third kappa shape index (κ3) is 2.48. The molecule has 1 aliphatic heterocycles. The number of thioether (sulfide) groups is 1. The molecule has 2 aromatic rings. The summed E-state index contributed by atoms with van der Waals surface area (Å²) in [5, 5.41) is 4.43. The molecule has 0 spiro atoms. The molecule has 1 N–H and O–H groups in total. The van der Waals surface area contributed by atoms with Crippen LogP contribution in [0.2, 0.25) is 0 Å². The maximum Gasteiger partial charge on any atom is 0.141 e. The van der Waals surface area contributed by atoms with Gasteiger partial charge in [0.2, 0.25) is 0 Å². The number of hydrogen-bond donors (Lipinski definition) is 1. The Morgan fingerprint density at radius 1 is 1.45 bits per heavy atom. The average Bonchev–Trinajstić information content (AvgIpc) is 3.12. The van der Waals surface area contributed by atoms with Crippen molar-refractivity contribution in [3.8, 4) is 0 Å². The molecule has 1 aromatic heterocycles. The molecule has 20 heavy (non-hydrogen) atoms. The first-order valence-electron chi connectivity index (χ1n) is 6.88. The number of rotatable bonds is 4. The monoisotopic (exact) mass is 286 g/mol. The fourth-order valence-corrected chi connectivity index (χ4v) is 3.00. The first-order valence-corrected chi connectivity index (χ1v) is 8.11. The molecule has 0 fully saturated rings. The predicted molar refractivity (Wildman–Crippen MR) is 87.4 cm³/mol. The molecule has 2 heterocycles. The van der Waals surface area contributed by atoms with E-state index in [9.17, 15) is 0 Å². The molecule has 0 amide bonds. The highest BCUT2D eigenvalue weighted by molar-refractivity contribution is 8.07. The molecular weight excluding hydrogens is 268 g/mol. The van der Waals surface area contributed by atoms with Gasteiger partial charge in [-0.2, -0.15) is 0 Å². The van der Waals surface area contributed by atoms with E-state index < -0.39 is 0 Å². The molecular formula is C16H18N2OS. The van der Waals surface area contributed by atoms with Gasteiger partial charge in [0.25, 0.3) is 0 Å². The number of fused-ring (bicyclic) bond motifs is 1. The summed E-state index contributed by atoms with van der Waals surface area (Å²) in [5.74, 6) is 1.92. The van der Waals surface area contributed by atoms with E-state index >= 15 is 0 Å². The van der Waals surface area contributed by atoms with Crippen LogP contribution >= 0.6 is 11.8 Å². The van der Waals surface area contributed by atoms with Gasteiger partial charge >= 0.3 is 0 Å². The van der Waals surface area contributed by atoms with Gasteiger partial charge < -0.3 is 9.73 Å². The van der Waals surface area contributed by atoms with Crippen molar-refractivity contribution < 1.29 is 4.42 Å². The van der Waals surface area contributed by atoms with E-state index in [4.69, 9.17) is 4.42 Å². The number of nitrogens with zero attached hydrogens (tertiary/aromatic N) is 1. The fraction of sp³-hybridized carbons (Fsp3) is 0.312. The summed E-state index contributed by atoms with van der Waals surface area (Å²) in [5.41, 5.74) is 2.02. The molecule has 0 radical (unpaired) electrons. The molecule has 4 heteroatoms. The van der Waals surface area contributed by atoms with Crippen molar-refractivity contribution in [2.75, 3.05) is 19.3 Å². The summed E-state index contributed by atoms with van der Waals surface area (Å²) in [6.07, 6.45) is 5.29. The Labute approximate surface area is 123 Å². The van der Waals surface area contributed by atoms with Crippen LogP contribution in [0.3, 0.4) is 0 Å². The van der Waals surface area contributed by atoms with E-state index in [-0.39, 0.29) is 0 Å². The van der Waals surface area contributed by atoms with Crippen molar-refractivity contribution in [2.45, 2.75) is 13.3 Å². The Kier molecular flexibility index (Phi) is 3.83. The highest BCUT2D eigenvalue weighted by Gasteiger charge is 2.12. The molecule has 0 aliphatic carbocycles. The summed E-state index contributed by atoms with van der Waals surface area (Å²) in [6.45, 7) is 3.92. The van der Waals surface area contributed by atoms with Gasteiger partial charge in [0.1, 0.15) is 17.2 Å². The zero-order chi connectivity index (χ0) is 13.9. The zero-order valence-electron chi connectivity index (χ0n) is 11.8. The molecule has 104 valence electrons. The van der Waals surface area contributed by atoms with Crippen LogP contribution in [-0.4, -0.2) is 25.2 Å². The largest absolute Gasteiger partial charge is 0.456 e. The summed E-state index contributed by atoms with van der Waals surface area (Å²) in [6, 6.07) is 8.38. The van der Waals surface area contributed by atoms with Gasteiger partial charge in [-0.1, -0.05) is 25.1 Å². The van der Waals surface area contributed by atoms with Crippen molar-refractivity contribution in [1.82, 2.24) is 5.32 Å². The van der Waals surface area contributed by atoms with Gasteiger partial charge in [-0.15, -0.1) is 11.8 Å². The summed E-state index contributed by atoms with van der Waals surface area (Å²) in [7, 11) is 0. The second-order valence-corrected chi connectivity index (χ2v) is 5.55. The second-order valence-electron chi connectivity index (χ2n) is 4.70. The molecule has 0 saturated heterocycles. The van der Waals surface area contributed by atoms with Gasteiger partial charge in [0.05, 0.1) is 6.54 Å². The standard InChI is InChI=1S/C16H18N2OS/c1-3-4-15(20-2)14-9-11-5-6-12(10-13(11)19-14)16-17-7-8-18-16/h4-6,9-10H,3,7-8H2,1-2H3,(H,17,18). The third-order valence-electron chi connectivity index (χ3n) is 3.32. The molecule has 0 saturated carbocycles. The van der Waals surface area contributed by atoms with Gasteiger partial charge in [-0.3, -0.25) is 4.99 Å². The van der Waals surface area contributed by atoms with E-state index in [1.165, 1.54) is 4.91 Å². The Morgan fingerprint density at radius 2 is 2.35 bits per heavy atom. The van der Waals surface area contributed by atoms with Crippen LogP contribution in [0.25, 0.3) is 15.9 Å². The molecule has 1 aromatic carbocycles. The number of benzene rings is 1. The maximum atomic E-state index is 6.00. The van der Waals surface area contributed by atoms with E-state index in [1.54, 1.807) is 11.8 Å². The third-order valence-corrected chi connectivity index (χ3v) is 4.13. The minimum absolute atomic E-state index is 0.854. The van der Waals surface area contributed by atoms with Crippen LogP contribution in [0.1, 0.15) is 24.7 Å². The Balaban J connectivity index is 2.01. The zero-order valence-corrected chi connectivity index (χ0v) is 12.6. The quantitative estimate of drug-likeness (QED) is 0.926. The first-order chi connectivity index (χ1) is 9.81. The van der Waals surface area contributed by atoms with E-state index in [2.05, 4.69) is 53.8 Å². The van der Waals surface area contributed by atoms with Crippen molar-refractivity contribution >= 4 is 33.5 Å². The van der Waals surface area contributed by atoms with Gasteiger partial charge in [-0.05, 0) is 24.8 Å². The number of nitrogens with one attached hydrogen (secondary N) is 1. The van der Waals surface area contributed by atoms with Gasteiger partial charge in [0, 0.05) is 22.4 Å². The van der Waals surface area contributed by atoms with Crippen molar-refractivity contribution in [3.05, 3.63) is 41.7 Å². The van der Waals surface area contributed by atoms with Crippen LogP contribution in [-0.2, 0) is 0 Å². The van der Waals surface area contributed by atoms with Gasteiger partial charge in [-0.25, -0.2) is 0 Å². The van der Waals surface area contributed by atoms with E-state index in [0.717, 1.165) is 47.6 Å². The fourth-order valence-electron chi connectivity index (χ4n) is 2.36. The lowest BCUT2D eigenvalue weighted by molar-refractivity contribution is 0.602. The summed E-state index contributed by atoms with van der Waals surface area (Å²) < 4.78 is 6.00. The van der Waals surface area contributed by atoms with Crippen LogP contribution in [0, 0.1) is 0 Å². The van der Waals surface area contributed by atoms with Crippen LogP contribution in [0.4, 0.5) is 0 Å². The lowest BCUT2D eigenvalue weighted by Gasteiger charge is -2.01. The lowest BCUT2D eigenvalue weighted by Crippen LogP contribution is -2.19. The Morgan fingerprint density at radius 3 is 3.05 bits per heavy atom. The second kappa shape index (κ2) is 5.75. The minimum Gasteiger partial charge on any atom is -0.456 e. The molecule has 3 nitrogen and oxygen atoms in total. The number of aliphatic imine (C=N–C) groups is 1. The maximum absolute atomic E-state index is 6.00. The van der Waals surface area contributed by atoms with E-state index in [1.807, 2.05) is 0 Å². The number of hydrogen-bond acceptors (Lipinski definition) is 4. The normalized spacial score (nSPS) is 15.5. The Bertz CT molecular complexity index is 685. The average molecular weight is 286 g/mol. The molecule has 1 aliphatic rings. The van der Waals surface area contributed by atoms with Crippen LogP contribution < -0.4 is 5.32 Å². The minimum atomic E-state index is 0.854. The topological polar surface area (TPSA) is 37.5 Å². The van der Waals surface area contributed by atoms with Crippen LogP contribution in [0.5, 0.6) is 0 Å². The Hall–Kier alpha value is -1.68. The van der Waals surface area contributed by atoms with Crippen molar-refractivity contribution in [1.29, 1.82) is 0 Å². The first kappa shape index (κ1) is 13.3.